The van der Waals surface area contributed by atoms with Crippen LogP contribution in [0, 0.1) is 5.92 Å². The standard InChI is InChI=1S/C14H12Cl2N2O3S2/c15-12-7-11(13(16)22-12)23(20,21)18-10-3-1-2-9(6-10)17-14(19)8-4-5-8/h1-3,6-8,18H,4-5H2,(H,17,19). The van der Waals surface area contributed by atoms with Gasteiger partial charge < -0.3 is 5.32 Å². The fourth-order valence-corrected chi connectivity index (χ4v) is 5.17. The average molecular weight is 391 g/mol. The summed E-state index contributed by atoms with van der Waals surface area (Å²) in [5.41, 5.74) is 0.869. The molecule has 9 heteroatoms. The van der Waals surface area contributed by atoms with E-state index in [2.05, 4.69) is 10.0 Å². The van der Waals surface area contributed by atoms with E-state index in [1.54, 1.807) is 24.3 Å². The zero-order valence-electron chi connectivity index (χ0n) is 11.7. The minimum Gasteiger partial charge on any atom is -0.326 e. The SMILES string of the molecule is O=C(Nc1cccc(NS(=O)(=O)c2cc(Cl)sc2Cl)c1)C1CC1. The van der Waals surface area contributed by atoms with Crippen molar-refractivity contribution >= 4 is 61.8 Å². The van der Waals surface area contributed by atoms with E-state index in [-0.39, 0.29) is 21.1 Å². The van der Waals surface area contributed by atoms with E-state index in [4.69, 9.17) is 23.2 Å². The molecule has 2 N–H and O–H groups in total. The van der Waals surface area contributed by atoms with Crippen LogP contribution in [0.2, 0.25) is 8.67 Å². The molecule has 1 heterocycles. The Balaban J connectivity index is 1.79. The van der Waals surface area contributed by atoms with Crippen molar-refractivity contribution in [1.29, 1.82) is 0 Å². The van der Waals surface area contributed by atoms with Gasteiger partial charge in [-0.05, 0) is 37.1 Å². The van der Waals surface area contributed by atoms with Crippen LogP contribution in [0.5, 0.6) is 0 Å². The molecule has 1 aliphatic carbocycles. The Hall–Kier alpha value is -1.28. The first kappa shape index (κ1) is 16.6. The molecule has 122 valence electrons. The van der Waals surface area contributed by atoms with Crippen LogP contribution >= 0.6 is 34.5 Å². The second kappa shape index (κ2) is 6.32. The van der Waals surface area contributed by atoms with Crippen LogP contribution in [0.3, 0.4) is 0 Å². The summed E-state index contributed by atoms with van der Waals surface area (Å²) in [6, 6.07) is 7.80. The van der Waals surface area contributed by atoms with E-state index in [0.717, 1.165) is 24.2 Å². The van der Waals surface area contributed by atoms with Crippen molar-refractivity contribution in [3.8, 4) is 0 Å². The molecule has 5 nitrogen and oxygen atoms in total. The summed E-state index contributed by atoms with van der Waals surface area (Å²) in [5, 5.41) is 2.77. The molecule has 1 aliphatic rings. The Morgan fingerprint density at radius 2 is 1.87 bits per heavy atom. The largest absolute Gasteiger partial charge is 0.326 e. The molecule has 0 spiro atoms. The van der Waals surface area contributed by atoms with Crippen LogP contribution < -0.4 is 10.0 Å². The van der Waals surface area contributed by atoms with Gasteiger partial charge in [0.15, 0.2) is 0 Å². The third-order valence-corrected chi connectivity index (χ3v) is 6.38. The molecule has 3 rings (SSSR count). The monoisotopic (exact) mass is 390 g/mol. The van der Waals surface area contributed by atoms with Gasteiger partial charge in [-0.2, -0.15) is 0 Å². The first-order chi connectivity index (χ1) is 10.8. The number of benzene rings is 1. The number of amides is 1. The highest BCUT2D eigenvalue weighted by molar-refractivity contribution is 7.93. The van der Waals surface area contributed by atoms with Crippen molar-refractivity contribution in [3.63, 3.8) is 0 Å². The van der Waals surface area contributed by atoms with Gasteiger partial charge in [-0.15, -0.1) is 11.3 Å². The molecule has 0 unspecified atom stereocenters. The van der Waals surface area contributed by atoms with Gasteiger partial charge in [0.2, 0.25) is 5.91 Å². The summed E-state index contributed by atoms with van der Waals surface area (Å²) >= 11 is 12.7. The predicted octanol–water partition coefficient (Wildman–Crippen LogP) is 4.20. The lowest BCUT2D eigenvalue weighted by atomic mass is 10.2. The summed E-state index contributed by atoms with van der Waals surface area (Å²) in [6.45, 7) is 0. The van der Waals surface area contributed by atoms with Gasteiger partial charge in [-0.1, -0.05) is 29.3 Å². The number of sulfonamides is 1. The number of thiophene rings is 1. The predicted molar refractivity (Wildman–Crippen MR) is 92.9 cm³/mol. The summed E-state index contributed by atoms with van der Waals surface area (Å²) < 4.78 is 27.5. The zero-order chi connectivity index (χ0) is 16.6. The van der Waals surface area contributed by atoms with Gasteiger partial charge >= 0.3 is 0 Å². The molecule has 0 aliphatic heterocycles. The van der Waals surface area contributed by atoms with Crippen LogP contribution in [-0.2, 0) is 14.8 Å². The van der Waals surface area contributed by atoms with E-state index < -0.39 is 10.0 Å². The molecular weight excluding hydrogens is 379 g/mol. The third kappa shape index (κ3) is 3.98. The first-order valence-electron chi connectivity index (χ1n) is 6.74. The lowest BCUT2D eigenvalue weighted by molar-refractivity contribution is -0.117. The number of rotatable bonds is 5. The molecule has 1 aromatic carbocycles. The van der Waals surface area contributed by atoms with Crippen LogP contribution in [-0.4, -0.2) is 14.3 Å². The molecule has 0 atom stereocenters. The topological polar surface area (TPSA) is 75.3 Å². The van der Waals surface area contributed by atoms with Crippen molar-refractivity contribution in [3.05, 3.63) is 39.0 Å². The van der Waals surface area contributed by atoms with Crippen LogP contribution in [0.4, 0.5) is 11.4 Å². The second-order valence-electron chi connectivity index (χ2n) is 5.14. The number of carbonyl (C=O) groups excluding carboxylic acids is 1. The van der Waals surface area contributed by atoms with Crippen molar-refractivity contribution < 1.29 is 13.2 Å². The highest BCUT2D eigenvalue weighted by Crippen LogP contribution is 2.35. The van der Waals surface area contributed by atoms with Crippen molar-refractivity contribution in [2.24, 2.45) is 5.92 Å². The maximum atomic E-state index is 12.4. The Morgan fingerprint density at radius 3 is 2.48 bits per heavy atom. The average Bonchev–Trinajstić information content (AvgIpc) is 3.24. The summed E-state index contributed by atoms with van der Waals surface area (Å²) in [7, 11) is -3.84. The van der Waals surface area contributed by atoms with Crippen LogP contribution in [0.15, 0.2) is 35.2 Å². The van der Waals surface area contributed by atoms with Crippen molar-refractivity contribution in [1.82, 2.24) is 0 Å². The Labute approximate surface area is 147 Å². The minimum absolute atomic E-state index is 0.0438. The Morgan fingerprint density at radius 1 is 1.17 bits per heavy atom. The lowest BCUT2D eigenvalue weighted by Gasteiger charge is -2.09. The number of halogens is 2. The number of hydrogen-bond donors (Lipinski definition) is 2. The molecule has 2 aromatic rings. The van der Waals surface area contributed by atoms with E-state index in [0.29, 0.717) is 15.7 Å². The molecule has 0 radical (unpaired) electrons. The molecule has 1 saturated carbocycles. The van der Waals surface area contributed by atoms with Gasteiger partial charge in [0.1, 0.15) is 9.23 Å². The maximum Gasteiger partial charge on any atom is 0.264 e. The Bertz CT molecular complexity index is 861. The van der Waals surface area contributed by atoms with Gasteiger partial charge in [-0.3, -0.25) is 9.52 Å². The van der Waals surface area contributed by atoms with E-state index in [1.807, 2.05) is 0 Å². The third-order valence-electron chi connectivity index (χ3n) is 3.25. The molecule has 1 amide bonds. The fraction of sp³-hybridized carbons (Fsp3) is 0.214. The number of nitrogens with one attached hydrogen (secondary N) is 2. The summed E-state index contributed by atoms with van der Waals surface area (Å²) in [6.07, 6.45) is 1.80. The van der Waals surface area contributed by atoms with Crippen LogP contribution in [0.25, 0.3) is 0 Å². The minimum atomic E-state index is -3.84. The lowest BCUT2D eigenvalue weighted by Crippen LogP contribution is -2.15. The maximum absolute atomic E-state index is 12.4. The normalized spacial score (nSPS) is 14.5. The Kier molecular flexibility index (Phi) is 4.55. The smallest absolute Gasteiger partial charge is 0.264 e. The number of anilines is 2. The molecule has 0 saturated heterocycles. The fourth-order valence-electron chi connectivity index (χ4n) is 1.97. The van der Waals surface area contributed by atoms with Crippen molar-refractivity contribution in [2.45, 2.75) is 17.7 Å². The molecule has 23 heavy (non-hydrogen) atoms. The molecule has 1 aromatic heterocycles. The quantitative estimate of drug-likeness (QED) is 0.802. The molecule has 0 bridgehead atoms. The van der Waals surface area contributed by atoms with E-state index in [9.17, 15) is 13.2 Å². The van der Waals surface area contributed by atoms with Gasteiger partial charge in [-0.25, -0.2) is 8.42 Å². The van der Waals surface area contributed by atoms with Crippen molar-refractivity contribution in [2.75, 3.05) is 10.0 Å². The van der Waals surface area contributed by atoms with E-state index >= 15 is 0 Å². The van der Waals surface area contributed by atoms with Gasteiger partial charge in [0, 0.05) is 11.6 Å². The van der Waals surface area contributed by atoms with E-state index in [1.165, 1.54) is 6.07 Å². The number of hydrogen-bond acceptors (Lipinski definition) is 4. The highest BCUT2D eigenvalue weighted by Gasteiger charge is 2.29. The number of carbonyl (C=O) groups is 1. The first-order valence-corrected chi connectivity index (χ1v) is 9.79. The molecular formula is C14H12Cl2N2O3S2. The highest BCUT2D eigenvalue weighted by atomic mass is 35.5. The second-order valence-corrected chi connectivity index (χ2v) is 9.07. The summed E-state index contributed by atoms with van der Waals surface area (Å²) in [5.74, 6) is 0.0276. The summed E-state index contributed by atoms with van der Waals surface area (Å²) in [4.78, 5) is 11.7. The van der Waals surface area contributed by atoms with Gasteiger partial charge in [0.05, 0.1) is 10.0 Å². The van der Waals surface area contributed by atoms with Gasteiger partial charge in [0.25, 0.3) is 10.0 Å². The zero-order valence-corrected chi connectivity index (χ0v) is 14.8. The van der Waals surface area contributed by atoms with Crippen LogP contribution in [0.1, 0.15) is 12.8 Å². The molecule has 1 fully saturated rings.